The molecule has 0 aliphatic carbocycles. The molecule has 1 atom stereocenters. The largest absolute Gasteiger partial charge is 0.322 e. The number of likely N-dealkylation sites (tertiary alicyclic amines) is 1. The van der Waals surface area contributed by atoms with Crippen molar-refractivity contribution in [3.05, 3.63) is 35.9 Å². The van der Waals surface area contributed by atoms with Gasteiger partial charge in [0.25, 0.3) is 0 Å². The minimum atomic E-state index is 0.211. The highest BCUT2D eigenvalue weighted by molar-refractivity contribution is 5.75. The molecule has 1 unspecified atom stereocenters. The number of rotatable bonds is 4. The van der Waals surface area contributed by atoms with E-state index in [4.69, 9.17) is 0 Å². The Kier molecular flexibility index (Phi) is 5.45. The van der Waals surface area contributed by atoms with Crippen molar-refractivity contribution in [2.45, 2.75) is 52.1 Å². The Morgan fingerprint density at radius 1 is 1.25 bits per heavy atom. The van der Waals surface area contributed by atoms with Crippen LogP contribution >= 0.6 is 0 Å². The fourth-order valence-corrected chi connectivity index (χ4v) is 2.98. The summed E-state index contributed by atoms with van der Waals surface area (Å²) in [6.07, 6.45) is 4.62. The molecule has 3 nitrogen and oxygen atoms in total. The molecule has 0 bridgehead atoms. The van der Waals surface area contributed by atoms with Gasteiger partial charge in [-0.25, -0.2) is 4.79 Å². The van der Waals surface area contributed by atoms with Crippen molar-refractivity contribution in [2.75, 3.05) is 13.1 Å². The zero-order valence-electron chi connectivity index (χ0n) is 12.7. The molecule has 1 fully saturated rings. The van der Waals surface area contributed by atoms with E-state index in [0.717, 1.165) is 32.4 Å². The topological polar surface area (TPSA) is 23.6 Å². The van der Waals surface area contributed by atoms with Crippen molar-refractivity contribution in [3.63, 3.8) is 0 Å². The van der Waals surface area contributed by atoms with E-state index in [1.807, 2.05) is 23.1 Å². The van der Waals surface area contributed by atoms with Gasteiger partial charge in [-0.3, -0.25) is 0 Å². The maximum Gasteiger partial charge on any atom is 0.320 e. The van der Waals surface area contributed by atoms with Gasteiger partial charge in [0.2, 0.25) is 0 Å². The summed E-state index contributed by atoms with van der Waals surface area (Å²) in [5.41, 5.74) is 1.20. The van der Waals surface area contributed by atoms with Gasteiger partial charge in [-0.2, -0.15) is 0 Å². The molecule has 20 heavy (non-hydrogen) atoms. The molecule has 1 aliphatic heterocycles. The second-order valence-electron chi connectivity index (χ2n) is 5.53. The summed E-state index contributed by atoms with van der Waals surface area (Å²) < 4.78 is 0. The monoisotopic (exact) mass is 274 g/mol. The number of benzene rings is 1. The van der Waals surface area contributed by atoms with E-state index in [9.17, 15) is 4.79 Å². The van der Waals surface area contributed by atoms with E-state index < -0.39 is 0 Å². The maximum atomic E-state index is 12.8. The van der Waals surface area contributed by atoms with Crippen LogP contribution < -0.4 is 0 Å². The summed E-state index contributed by atoms with van der Waals surface area (Å²) in [6.45, 7) is 6.64. The Morgan fingerprint density at radius 3 is 2.65 bits per heavy atom. The number of hydrogen-bond donors (Lipinski definition) is 0. The Balaban J connectivity index is 2.04. The number of hydrogen-bond acceptors (Lipinski definition) is 1. The predicted molar refractivity (Wildman–Crippen MR) is 82.6 cm³/mol. The molecular formula is C17H26N2O. The molecule has 1 aromatic carbocycles. The van der Waals surface area contributed by atoms with Gasteiger partial charge in [0, 0.05) is 25.7 Å². The van der Waals surface area contributed by atoms with Crippen LogP contribution in [0.25, 0.3) is 0 Å². The molecular weight excluding hydrogens is 248 g/mol. The first-order valence-electron chi connectivity index (χ1n) is 7.85. The minimum absolute atomic E-state index is 0.211. The molecule has 0 spiro atoms. The van der Waals surface area contributed by atoms with Crippen LogP contribution in [-0.2, 0) is 6.54 Å². The predicted octanol–water partition coefficient (Wildman–Crippen LogP) is 3.89. The maximum absolute atomic E-state index is 12.8. The Morgan fingerprint density at radius 2 is 2.00 bits per heavy atom. The molecule has 2 rings (SSSR count). The highest BCUT2D eigenvalue weighted by Gasteiger charge is 2.28. The third kappa shape index (κ3) is 3.53. The Hall–Kier alpha value is -1.51. The standard InChI is InChI=1S/C17H26N2O/c1-3-16-12-8-9-13-19(16)17(20)18(4-2)14-15-10-6-5-7-11-15/h5-7,10-11,16H,3-4,8-9,12-14H2,1-2H3. The zero-order chi connectivity index (χ0) is 14.4. The molecule has 0 aromatic heterocycles. The van der Waals surface area contributed by atoms with Gasteiger partial charge in [0.05, 0.1) is 0 Å². The van der Waals surface area contributed by atoms with Gasteiger partial charge < -0.3 is 9.80 Å². The first-order chi connectivity index (χ1) is 9.76. The quantitative estimate of drug-likeness (QED) is 0.817. The van der Waals surface area contributed by atoms with Gasteiger partial charge in [0.1, 0.15) is 0 Å². The normalized spacial score (nSPS) is 18.9. The molecule has 1 aliphatic rings. The van der Waals surface area contributed by atoms with Crippen LogP contribution in [0.5, 0.6) is 0 Å². The van der Waals surface area contributed by atoms with E-state index in [1.165, 1.54) is 12.0 Å². The molecule has 110 valence electrons. The fraction of sp³-hybridized carbons (Fsp3) is 0.588. The molecule has 3 heteroatoms. The third-order valence-electron chi connectivity index (χ3n) is 4.21. The highest BCUT2D eigenvalue weighted by Crippen LogP contribution is 2.21. The first-order valence-corrected chi connectivity index (χ1v) is 7.85. The number of carbonyl (C=O) groups is 1. The Bertz CT molecular complexity index is 418. The van der Waals surface area contributed by atoms with Crippen molar-refractivity contribution >= 4 is 6.03 Å². The fourth-order valence-electron chi connectivity index (χ4n) is 2.98. The van der Waals surface area contributed by atoms with Crippen molar-refractivity contribution in [1.82, 2.24) is 9.80 Å². The van der Waals surface area contributed by atoms with E-state index in [-0.39, 0.29) is 6.03 Å². The molecule has 0 saturated carbocycles. The van der Waals surface area contributed by atoms with Crippen molar-refractivity contribution in [3.8, 4) is 0 Å². The van der Waals surface area contributed by atoms with Crippen LogP contribution in [0.2, 0.25) is 0 Å². The second kappa shape index (κ2) is 7.32. The summed E-state index contributed by atoms with van der Waals surface area (Å²) in [6, 6.07) is 10.9. The van der Waals surface area contributed by atoms with Crippen LogP contribution in [0, 0.1) is 0 Å². The molecule has 1 aromatic rings. The summed E-state index contributed by atoms with van der Waals surface area (Å²) >= 11 is 0. The second-order valence-corrected chi connectivity index (χ2v) is 5.53. The number of nitrogens with zero attached hydrogens (tertiary/aromatic N) is 2. The van der Waals surface area contributed by atoms with Gasteiger partial charge in [-0.1, -0.05) is 37.3 Å². The van der Waals surface area contributed by atoms with Gasteiger partial charge >= 0.3 is 6.03 Å². The van der Waals surface area contributed by atoms with Crippen LogP contribution in [0.1, 0.15) is 45.1 Å². The number of piperidine rings is 1. The lowest BCUT2D eigenvalue weighted by molar-refractivity contribution is 0.113. The lowest BCUT2D eigenvalue weighted by atomic mass is 10.0. The number of urea groups is 1. The van der Waals surface area contributed by atoms with Crippen LogP contribution in [0.3, 0.4) is 0 Å². The van der Waals surface area contributed by atoms with E-state index in [0.29, 0.717) is 12.6 Å². The van der Waals surface area contributed by atoms with Crippen molar-refractivity contribution in [2.24, 2.45) is 0 Å². The first kappa shape index (κ1) is 14.9. The Labute approximate surface area is 122 Å². The SMILES string of the molecule is CCC1CCCCN1C(=O)N(CC)Cc1ccccc1. The van der Waals surface area contributed by atoms with Gasteiger partial charge in [-0.05, 0) is 38.2 Å². The summed E-state index contributed by atoms with van der Waals surface area (Å²) in [5.74, 6) is 0. The average Bonchev–Trinajstić information content (AvgIpc) is 2.53. The lowest BCUT2D eigenvalue weighted by Crippen LogP contribution is -2.49. The highest BCUT2D eigenvalue weighted by atomic mass is 16.2. The van der Waals surface area contributed by atoms with Crippen LogP contribution in [0.4, 0.5) is 4.79 Å². The minimum Gasteiger partial charge on any atom is -0.322 e. The van der Waals surface area contributed by atoms with E-state index in [1.54, 1.807) is 0 Å². The zero-order valence-corrected chi connectivity index (χ0v) is 12.7. The molecule has 0 radical (unpaired) electrons. The third-order valence-corrected chi connectivity index (χ3v) is 4.21. The molecule has 2 amide bonds. The van der Waals surface area contributed by atoms with E-state index >= 15 is 0 Å². The lowest BCUT2D eigenvalue weighted by Gasteiger charge is -2.38. The summed E-state index contributed by atoms with van der Waals surface area (Å²) in [5, 5.41) is 0. The molecule has 1 heterocycles. The van der Waals surface area contributed by atoms with Gasteiger partial charge in [0.15, 0.2) is 0 Å². The number of carbonyl (C=O) groups excluding carboxylic acids is 1. The molecule has 1 saturated heterocycles. The smallest absolute Gasteiger partial charge is 0.320 e. The van der Waals surface area contributed by atoms with Gasteiger partial charge in [-0.15, -0.1) is 0 Å². The molecule has 0 N–H and O–H groups in total. The van der Waals surface area contributed by atoms with E-state index in [2.05, 4.69) is 30.9 Å². The van der Waals surface area contributed by atoms with Crippen LogP contribution in [-0.4, -0.2) is 35.0 Å². The average molecular weight is 274 g/mol. The summed E-state index contributed by atoms with van der Waals surface area (Å²) in [4.78, 5) is 16.8. The van der Waals surface area contributed by atoms with Crippen LogP contribution in [0.15, 0.2) is 30.3 Å². The summed E-state index contributed by atoms with van der Waals surface area (Å²) in [7, 11) is 0. The van der Waals surface area contributed by atoms with Crippen molar-refractivity contribution in [1.29, 1.82) is 0 Å². The van der Waals surface area contributed by atoms with Crippen molar-refractivity contribution < 1.29 is 4.79 Å². The number of amides is 2.